The Hall–Kier alpha value is -4.54. The van der Waals surface area contributed by atoms with E-state index in [4.69, 9.17) is 19.0 Å². The Morgan fingerprint density at radius 2 is 1.70 bits per heavy atom. The van der Waals surface area contributed by atoms with E-state index in [0.717, 1.165) is 39.0 Å². The number of anilines is 1. The Morgan fingerprint density at radius 1 is 0.925 bits per heavy atom. The summed E-state index contributed by atoms with van der Waals surface area (Å²) >= 11 is 1.34. The summed E-state index contributed by atoms with van der Waals surface area (Å²) in [5.41, 5.74) is 6.07. The van der Waals surface area contributed by atoms with Crippen LogP contribution in [0.2, 0.25) is 0 Å². The minimum Gasteiger partial charge on any atom is -0.493 e. The molecule has 0 atom stereocenters. The van der Waals surface area contributed by atoms with Gasteiger partial charge in [-0.25, -0.2) is 4.79 Å². The molecule has 5 rings (SSSR count). The summed E-state index contributed by atoms with van der Waals surface area (Å²) in [5, 5.41) is 7.30. The van der Waals surface area contributed by atoms with Gasteiger partial charge in [0.25, 0.3) is 0 Å². The second kappa shape index (κ2) is 12.1. The van der Waals surface area contributed by atoms with Gasteiger partial charge in [0.1, 0.15) is 0 Å². The monoisotopic (exact) mass is 558 g/mol. The summed E-state index contributed by atoms with van der Waals surface area (Å²) in [6.45, 7) is 0.449. The van der Waals surface area contributed by atoms with Crippen LogP contribution in [0.3, 0.4) is 0 Å². The molecule has 0 aliphatic rings. The predicted molar refractivity (Wildman–Crippen MR) is 158 cm³/mol. The van der Waals surface area contributed by atoms with E-state index >= 15 is 0 Å². The molecule has 40 heavy (non-hydrogen) atoms. The average molecular weight is 559 g/mol. The number of ether oxygens (including phenoxy) is 3. The molecular weight excluding hydrogens is 528 g/mol. The number of carbonyl (C=O) groups is 1. The second-order valence-electron chi connectivity index (χ2n) is 8.88. The molecule has 0 bridgehead atoms. The zero-order valence-electron chi connectivity index (χ0n) is 22.7. The van der Waals surface area contributed by atoms with Gasteiger partial charge in [0.2, 0.25) is 5.75 Å². The molecule has 0 aliphatic heterocycles. The molecule has 2 heterocycles. The van der Waals surface area contributed by atoms with E-state index in [1.807, 2.05) is 60.0 Å². The van der Waals surface area contributed by atoms with Crippen molar-refractivity contribution in [1.29, 1.82) is 0 Å². The minimum atomic E-state index is -0.357. The molecule has 2 aromatic heterocycles. The fourth-order valence-corrected chi connectivity index (χ4v) is 5.33. The number of aromatic nitrogens is 2. The van der Waals surface area contributed by atoms with Gasteiger partial charge < -0.3 is 24.5 Å². The van der Waals surface area contributed by atoms with Crippen LogP contribution in [0.4, 0.5) is 10.5 Å². The number of methoxy groups -OCH3 is 3. The van der Waals surface area contributed by atoms with E-state index in [1.54, 1.807) is 21.3 Å². The van der Waals surface area contributed by atoms with Crippen molar-refractivity contribution >= 4 is 34.2 Å². The van der Waals surface area contributed by atoms with E-state index in [0.29, 0.717) is 35.9 Å². The van der Waals surface area contributed by atoms with Crippen LogP contribution in [0, 0.1) is 0 Å². The van der Waals surface area contributed by atoms with E-state index in [-0.39, 0.29) is 6.03 Å². The Bertz CT molecular complexity index is 1570. The zero-order chi connectivity index (χ0) is 28.1. The Balaban J connectivity index is 1.35. The summed E-state index contributed by atoms with van der Waals surface area (Å²) in [7, 11) is 6.20. The molecule has 0 radical (unpaired) electrons. The summed E-state index contributed by atoms with van der Waals surface area (Å²) < 4.78 is 21.2. The Kier molecular flexibility index (Phi) is 8.18. The van der Waals surface area contributed by atoms with Crippen LogP contribution in [0.15, 0.2) is 72.1 Å². The number of rotatable bonds is 10. The quantitative estimate of drug-likeness (QED) is 0.195. The number of hydroxylamine groups is 1. The van der Waals surface area contributed by atoms with Gasteiger partial charge in [0.05, 0.1) is 39.8 Å². The molecule has 2 amide bonds. The lowest BCUT2D eigenvalue weighted by Crippen LogP contribution is -2.40. The zero-order valence-corrected chi connectivity index (χ0v) is 23.5. The number of hydrogen-bond donors (Lipinski definition) is 2. The van der Waals surface area contributed by atoms with Crippen molar-refractivity contribution in [1.82, 2.24) is 14.7 Å². The standard InChI is InChI=1S/C30H30N4O5S/c1-36-26-16-21(17-27(37-2)29(26)38-3)28-24(18-40-33-28)19-9-7-10-23(15-19)34(39-4)30(35)31-13-12-22-14-20-8-5-6-11-25(20)32-22/h5-11,14-18,32H,12-13H2,1-4H3,(H,31,35). The molecule has 206 valence electrons. The lowest BCUT2D eigenvalue weighted by atomic mass is 10.0. The first-order valence-electron chi connectivity index (χ1n) is 12.6. The number of nitrogens with zero attached hydrogens (tertiary/aromatic N) is 2. The first kappa shape index (κ1) is 27.0. The minimum absolute atomic E-state index is 0.357. The third-order valence-electron chi connectivity index (χ3n) is 6.52. The van der Waals surface area contributed by atoms with Gasteiger partial charge in [-0.15, -0.1) is 0 Å². The SMILES string of the molecule is COc1cc(-c2nscc2-c2cccc(N(OC)C(=O)NCCc3cc4ccccc4[nH]3)c2)cc(OC)c1OC. The fourth-order valence-electron chi connectivity index (χ4n) is 4.62. The normalized spacial score (nSPS) is 10.9. The van der Waals surface area contributed by atoms with E-state index in [1.165, 1.54) is 23.7 Å². The largest absolute Gasteiger partial charge is 0.493 e. The molecule has 0 fully saturated rings. The van der Waals surface area contributed by atoms with Gasteiger partial charge in [-0.05, 0) is 58.9 Å². The number of carbonyl (C=O) groups excluding carboxylic acids is 1. The van der Waals surface area contributed by atoms with Gasteiger partial charge in [-0.2, -0.15) is 9.44 Å². The van der Waals surface area contributed by atoms with Crippen LogP contribution in [0.25, 0.3) is 33.3 Å². The molecule has 0 saturated heterocycles. The number of amides is 2. The summed E-state index contributed by atoms with van der Waals surface area (Å²) in [6.07, 6.45) is 0.663. The maximum atomic E-state index is 13.1. The number of H-pyrrole nitrogens is 1. The molecule has 2 N–H and O–H groups in total. The van der Waals surface area contributed by atoms with Crippen LogP contribution >= 0.6 is 11.5 Å². The van der Waals surface area contributed by atoms with Gasteiger partial charge >= 0.3 is 6.03 Å². The number of nitrogens with one attached hydrogen (secondary N) is 2. The Morgan fingerprint density at radius 3 is 2.40 bits per heavy atom. The summed E-state index contributed by atoms with van der Waals surface area (Å²) in [6, 6.07) is 21.1. The molecule has 10 heteroatoms. The molecule has 0 saturated carbocycles. The highest BCUT2D eigenvalue weighted by molar-refractivity contribution is 7.04. The van der Waals surface area contributed by atoms with Gasteiger partial charge in [-0.3, -0.25) is 4.84 Å². The first-order chi connectivity index (χ1) is 19.6. The number of hydrogen-bond acceptors (Lipinski definition) is 7. The van der Waals surface area contributed by atoms with Crippen LogP contribution in [-0.4, -0.2) is 50.4 Å². The topological polar surface area (TPSA) is 97.9 Å². The van der Waals surface area contributed by atoms with Gasteiger partial charge in [0, 0.05) is 40.7 Å². The maximum absolute atomic E-state index is 13.1. The highest BCUT2D eigenvalue weighted by Gasteiger charge is 2.20. The van der Waals surface area contributed by atoms with Gasteiger partial charge in [0.15, 0.2) is 11.5 Å². The van der Waals surface area contributed by atoms with Crippen molar-refractivity contribution in [3.05, 3.63) is 77.8 Å². The number of benzene rings is 3. The predicted octanol–water partition coefficient (Wildman–Crippen LogP) is 6.30. The van der Waals surface area contributed by atoms with Crippen molar-refractivity contribution in [3.8, 4) is 39.6 Å². The summed E-state index contributed by atoms with van der Waals surface area (Å²) in [5.74, 6) is 1.59. The highest BCUT2D eigenvalue weighted by Crippen LogP contribution is 2.43. The van der Waals surface area contributed by atoms with Crippen molar-refractivity contribution in [2.45, 2.75) is 6.42 Å². The summed E-state index contributed by atoms with van der Waals surface area (Å²) in [4.78, 5) is 21.9. The van der Waals surface area contributed by atoms with Crippen molar-refractivity contribution in [3.63, 3.8) is 0 Å². The van der Waals surface area contributed by atoms with Crippen LogP contribution in [0.5, 0.6) is 17.2 Å². The number of fused-ring (bicyclic) bond motifs is 1. The molecule has 5 aromatic rings. The smallest absolute Gasteiger partial charge is 0.346 e. The molecule has 9 nitrogen and oxygen atoms in total. The average Bonchev–Trinajstić information content (AvgIpc) is 3.64. The highest BCUT2D eigenvalue weighted by atomic mass is 32.1. The van der Waals surface area contributed by atoms with Crippen molar-refractivity contribution in [2.75, 3.05) is 40.0 Å². The van der Waals surface area contributed by atoms with E-state index < -0.39 is 0 Å². The van der Waals surface area contributed by atoms with Crippen LogP contribution < -0.4 is 24.6 Å². The fraction of sp³-hybridized carbons (Fsp3) is 0.200. The maximum Gasteiger partial charge on any atom is 0.346 e. The number of aromatic amines is 1. The molecule has 3 aromatic carbocycles. The van der Waals surface area contributed by atoms with Gasteiger partial charge in [-0.1, -0.05) is 30.3 Å². The molecule has 0 unspecified atom stereocenters. The van der Waals surface area contributed by atoms with E-state index in [2.05, 4.69) is 26.8 Å². The second-order valence-corrected chi connectivity index (χ2v) is 9.51. The number of para-hydroxylation sites is 1. The first-order valence-corrected chi connectivity index (χ1v) is 13.4. The van der Waals surface area contributed by atoms with E-state index in [9.17, 15) is 4.79 Å². The Labute approximate surface area is 236 Å². The molecule has 0 spiro atoms. The van der Waals surface area contributed by atoms with Crippen LogP contribution in [0.1, 0.15) is 5.69 Å². The van der Waals surface area contributed by atoms with Crippen LogP contribution in [-0.2, 0) is 11.3 Å². The molecular formula is C30H30N4O5S. The van der Waals surface area contributed by atoms with Crippen molar-refractivity contribution in [2.24, 2.45) is 0 Å². The third-order valence-corrected chi connectivity index (χ3v) is 7.15. The number of urea groups is 1. The van der Waals surface area contributed by atoms with Crippen molar-refractivity contribution < 1.29 is 23.8 Å². The molecule has 0 aliphatic carbocycles. The lowest BCUT2D eigenvalue weighted by Gasteiger charge is -2.21. The lowest BCUT2D eigenvalue weighted by molar-refractivity contribution is 0.163. The third kappa shape index (κ3) is 5.45.